The van der Waals surface area contributed by atoms with Crippen molar-refractivity contribution in [3.05, 3.63) is 18.0 Å². The third kappa shape index (κ3) is 2.53. The molecule has 0 bridgehead atoms. The van der Waals surface area contributed by atoms with E-state index in [9.17, 15) is 4.79 Å². The van der Waals surface area contributed by atoms with Gasteiger partial charge in [0.15, 0.2) is 0 Å². The highest BCUT2D eigenvalue weighted by Crippen LogP contribution is 2.05. The molecule has 0 unspecified atom stereocenters. The van der Waals surface area contributed by atoms with Crippen LogP contribution >= 0.6 is 12.2 Å². The van der Waals surface area contributed by atoms with E-state index in [2.05, 4.69) is 10.4 Å². The van der Waals surface area contributed by atoms with E-state index in [1.807, 2.05) is 0 Å². The standard InChI is InChI=1S/C9H14N4OS/c1-9(2,8(10)15)12-7(14)6-4-5-11-13(6)3/h4-5H,1-3H3,(H2,10,15)(H,12,14). The number of hydrogen-bond acceptors (Lipinski definition) is 3. The van der Waals surface area contributed by atoms with E-state index < -0.39 is 5.54 Å². The van der Waals surface area contributed by atoms with Crippen molar-refractivity contribution < 1.29 is 4.79 Å². The van der Waals surface area contributed by atoms with E-state index >= 15 is 0 Å². The number of carbonyl (C=O) groups excluding carboxylic acids is 1. The van der Waals surface area contributed by atoms with E-state index in [0.29, 0.717) is 5.69 Å². The fourth-order valence-electron chi connectivity index (χ4n) is 1.01. The number of aromatic nitrogens is 2. The number of amides is 1. The summed E-state index contributed by atoms with van der Waals surface area (Å²) < 4.78 is 1.49. The van der Waals surface area contributed by atoms with Gasteiger partial charge in [-0.25, -0.2) is 0 Å². The van der Waals surface area contributed by atoms with Crippen molar-refractivity contribution in [1.82, 2.24) is 15.1 Å². The quantitative estimate of drug-likeness (QED) is 0.723. The Morgan fingerprint density at radius 1 is 1.67 bits per heavy atom. The van der Waals surface area contributed by atoms with Crippen molar-refractivity contribution >= 4 is 23.1 Å². The second-order valence-corrected chi connectivity index (χ2v) is 4.22. The lowest BCUT2D eigenvalue weighted by atomic mass is 10.1. The Balaban J connectivity index is 2.81. The van der Waals surface area contributed by atoms with Crippen LogP contribution in [0.2, 0.25) is 0 Å². The maximum atomic E-state index is 11.8. The van der Waals surface area contributed by atoms with Crippen molar-refractivity contribution in [2.24, 2.45) is 12.8 Å². The number of carbonyl (C=O) groups is 1. The summed E-state index contributed by atoms with van der Waals surface area (Å²) in [4.78, 5) is 12.0. The van der Waals surface area contributed by atoms with Gasteiger partial charge in [-0.3, -0.25) is 9.48 Å². The molecule has 0 atom stereocenters. The van der Waals surface area contributed by atoms with Crippen LogP contribution in [-0.4, -0.2) is 26.2 Å². The van der Waals surface area contributed by atoms with Gasteiger partial charge < -0.3 is 11.1 Å². The molecule has 0 spiro atoms. The molecule has 3 N–H and O–H groups in total. The molecule has 1 amide bonds. The lowest BCUT2D eigenvalue weighted by Gasteiger charge is -2.24. The number of rotatable bonds is 3. The van der Waals surface area contributed by atoms with Crippen LogP contribution < -0.4 is 11.1 Å². The van der Waals surface area contributed by atoms with Crippen molar-refractivity contribution in [1.29, 1.82) is 0 Å². The molecule has 0 saturated heterocycles. The Hall–Kier alpha value is -1.43. The van der Waals surface area contributed by atoms with Gasteiger partial charge in [0.25, 0.3) is 5.91 Å². The maximum Gasteiger partial charge on any atom is 0.270 e. The summed E-state index contributed by atoms with van der Waals surface area (Å²) in [5.74, 6) is -0.243. The Kier molecular flexibility index (Phi) is 3.09. The van der Waals surface area contributed by atoms with E-state index in [0.717, 1.165) is 0 Å². The molecule has 0 fully saturated rings. The van der Waals surface area contributed by atoms with Gasteiger partial charge in [-0.15, -0.1) is 0 Å². The van der Waals surface area contributed by atoms with Gasteiger partial charge in [0.1, 0.15) is 5.69 Å². The highest BCUT2D eigenvalue weighted by Gasteiger charge is 2.25. The molecule has 15 heavy (non-hydrogen) atoms. The van der Waals surface area contributed by atoms with Gasteiger partial charge in [-0.1, -0.05) is 12.2 Å². The third-order valence-electron chi connectivity index (χ3n) is 2.10. The Labute approximate surface area is 93.6 Å². The largest absolute Gasteiger partial charge is 0.391 e. The van der Waals surface area contributed by atoms with Gasteiger partial charge in [0.05, 0.1) is 10.5 Å². The fourth-order valence-corrected chi connectivity index (χ4v) is 1.06. The fraction of sp³-hybridized carbons (Fsp3) is 0.444. The lowest BCUT2D eigenvalue weighted by molar-refractivity contribution is 0.0922. The number of nitrogens with two attached hydrogens (primary N) is 1. The molecule has 0 aliphatic rings. The Morgan fingerprint density at radius 3 is 2.67 bits per heavy atom. The molecule has 0 radical (unpaired) electrons. The van der Waals surface area contributed by atoms with E-state index in [1.165, 1.54) is 4.68 Å². The summed E-state index contributed by atoms with van der Waals surface area (Å²) in [6.45, 7) is 3.51. The Morgan fingerprint density at radius 2 is 2.27 bits per heavy atom. The Bertz CT molecular complexity index is 397. The van der Waals surface area contributed by atoms with Gasteiger partial charge >= 0.3 is 0 Å². The van der Waals surface area contributed by atoms with Gasteiger partial charge in [-0.05, 0) is 19.9 Å². The second kappa shape index (κ2) is 3.98. The first-order chi connectivity index (χ1) is 6.84. The number of thiocarbonyl (C=S) groups is 1. The van der Waals surface area contributed by atoms with Crippen molar-refractivity contribution in [3.8, 4) is 0 Å². The van der Waals surface area contributed by atoms with Gasteiger partial charge in [0.2, 0.25) is 0 Å². The highest BCUT2D eigenvalue weighted by atomic mass is 32.1. The second-order valence-electron chi connectivity index (χ2n) is 3.78. The smallest absolute Gasteiger partial charge is 0.270 e. The molecular weight excluding hydrogens is 212 g/mol. The SMILES string of the molecule is Cn1nccc1C(=O)NC(C)(C)C(N)=S. The molecular formula is C9H14N4OS. The summed E-state index contributed by atoms with van der Waals surface area (Å²) >= 11 is 4.85. The first-order valence-corrected chi connectivity index (χ1v) is 4.86. The molecule has 1 aromatic rings. The van der Waals surface area contributed by atoms with E-state index in [4.69, 9.17) is 18.0 Å². The number of hydrogen-bond donors (Lipinski definition) is 2. The molecule has 1 heterocycles. The third-order valence-corrected chi connectivity index (χ3v) is 2.61. The minimum absolute atomic E-state index is 0.243. The molecule has 1 rings (SSSR count). The topological polar surface area (TPSA) is 72.9 Å². The summed E-state index contributed by atoms with van der Waals surface area (Å²) in [6.07, 6.45) is 1.56. The predicted octanol–water partition coefficient (Wildman–Crippen LogP) is 0.215. The van der Waals surface area contributed by atoms with E-state index in [1.54, 1.807) is 33.2 Å². The first kappa shape index (κ1) is 11.6. The lowest BCUT2D eigenvalue weighted by Crippen LogP contribution is -2.52. The number of nitrogens with one attached hydrogen (secondary N) is 1. The molecule has 6 heteroatoms. The molecule has 0 aliphatic carbocycles. The van der Waals surface area contributed by atoms with Crippen LogP contribution in [0, 0.1) is 0 Å². The molecule has 1 aromatic heterocycles. The van der Waals surface area contributed by atoms with Crippen LogP contribution in [0.25, 0.3) is 0 Å². The molecule has 5 nitrogen and oxygen atoms in total. The van der Waals surface area contributed by atoms with Gasteiger partial charge in [-0.2, -0.15) is 5.10 Å². The molecule has 82 valence electrons. The average Bonchev–Trinajstić information content (AvgIpc) is 2.50. The average molecular weight is 226 g/mol. The molecule has 0 aliphatic heterocycles. The van der Waals surface area contributed by atoms with Crippen LogP contribution in [0.3, 0.4) is 0 Å². The highest BCUT2D eigenvalue weighted by molar-refractivity contribution is 7.80. The summed E-state index contributed by atoms with van der Waals surface area (Å²) in [5.41, 5.74) is 5.28. The monoisotopic (exact) mass is 226 g/mol. The zero-order valence-electron chi connectivity index (χ0n) is 8.94. The van der Waals surface area contributed by atoms with Crippen LogP contribution in [-0.2, 0) is 7.05 Å². The van der Waals surface area contributed by atoms with Crippen LogP contribution in [0.1, 0.15) is 24.3 Å². The maximum absolute atomic E-state index is 11.8. The summed E-state index contributed by atoms with van der Waals surface area (Å²) in [6, 6.07) is 1.63. The summed E-state index contributed by atoms with van der Waals surface area (Å²) in [7, 11) is 1.70. The van der Waals surface area contributed by atoms with E-state index in [-0.39, 0.29) is 10.9 Å². The van der Waals surface area contributed by atoms with Crippen molar-refractivity contribution in [2.75, 3.05) is 0 Å². The van der Waals surface area contributed by atoms with Gasteiger partial charge in [0, 0.05) is 13.2 Å². The van der Waals surface area contributed by atoms with Crippen LogP contribution in [0.5, 0.6) is 0 Å². The minimum atomic E-state index is -0.698. The normalized spacial score (nSPS) is 11.1. The van der Waals surface area contributed by atoms with Crippen molar-refractivity contribution in [2.45, 2.75) is 19.4 Å². The molecule has 0 aromatic carbocycles. The predicted molar refractivity (Wildman–Crippen MR) is 61.5 cm³/mol. The van der Waals surface area contributed by atoms with Crippen LogP contribution in [0.15, 0.2) is 12.3 Å². The first-order valence-electron chi connectivity index (χ1n) is 4.45. The number of aryl methyl sites for hydroxylation is 1. The zero-order chi connectivity index (χ0) is 11.6. The van der Waals surface area contributed by atoms with Crippen molar-refractivity contribution in [3.63, 3.8) is 0 Å². The number of nitrogens with zero attached hydrogens (tertiary/aromatic N) is 2. The minimum Gasteiger partial charge on any atom is -0.391 e. The van der Waals surface area contributed by atoms with Crippen LogP contribution in [0.4, 0.5) is 0 Å². The zero-order valence-corrected chi connectivity index (χ0v) is 9.76. The summed E-state index contributed by atoms with van der Waals surface area (Å²) in [5, 5.41) is 6.64. The molecule has 0 saturated carbocycles.